The van der Waals surface area contributed by atoms with Gasteiger partial charge in [-0.3, -0.25) is 9.78 Å². The van der Waals surface area contributed by atoms with E-state index in [0.29, 0.717) is 6.42 Å². The summed E-state index contributed by atoms with van der Waals surface area (Å²) in [6, 6.07) is 13.5. The molecule has 0 unspecified atom stereocenters. The zero-order valence-corrected chi connectivity index (χ0v) is 11.8. The highest BCUT2D eigenvalue weighted by Crippen LogP contribution is 2.07. The van der Waals surface area contributed by atoms with E-state index in [1.165, 1.54) is 5.56 Å². The highest BCUT2D eigenvalue weighted by Gasteiger charge is 2.06. The molecule has 1 aromatic heterocycles. The van der Waals surface area contributed by atoms with E-state index in [1.807, 2.05) is 54.9 Å². The Bertz CT molecular complexity index is 525. The number of pyridine rings is 1. The molecule has 2 aromatic rings. The number of benzene rings is 1. The summed E-state index contributed by atoms with van der Waals surface area (Å²) in [6.45, 7) is 1.81. The summed E-state index contributed by atoms with van der Waals surface area (Å²) in [4.78, 5) is 18.2. The number of hydrogen-bond donors (Lipinski definition) is 0. The number of hydrogen-bond acceptors (Lipinski definition) is 3. The zero-order chi connectivity index (χ0) is 14.2. The maximum absolute atomic E-state index is 12.0. The second-order valence-electron chi connectivity index (χ2n) is 4.99. The average Bonchev–Trinajstić information content (AvgIpc) is 2.49. The van der Waals surface area contributed by atoms with Crippen LogP contribution in [0.1, 0.15) is 28.8 Å². The Balaban J connectivity index is 1.72. The van der Waals surface area contributed by atoms with Gasteiger partial charge in [0.1, 0.15) is 0 Å². The van der Waals surface area contributed by atoms with Crippen molar-refractivity contribution in [2.24, 2.45) is 0 Å². The van der Waals surface area contributed by atoms with Gasteiger partial charge in [-0.2, -0.15) is 0 Å². The molecule has 1 aromatic carbocycles. The van der Waals surface area contributed by atoms with Gasteiger partial charge in [0, 0.05) is 30.9 Å². The first kappa shape index (κ1) is 14.4. The van der Waals surface area contributed by atoms with Gasteiger partial charge in [-0.15, -0.1) is 0 Å². The monoisotopic (exact) mass is 268 g/mol. The lowest BCUT2D eigenvalue weighted by Gasteiger charge is -2.16. The quantitative estimate of drug-likeness (QED) is 0.723. The molecule has 0 aliphatic heterocycles. The molecular weight excluding hydrogens is 248 g/mol. The van der Waals surface area contributed by atoms with Crippen LogP contribution in [-0.2, 0) is 6.54 Å². The summed E-state index contributed by atoms with van der Waals surface area (Å²) in [7, 11) is 2.08. The van der Waals surface area contributed by atoms with E-state index in [2.05, 4.69) is 16.9 Å². The van der Waals surface area contributed by atoms with Crippen LogP contribution in [0.15, 0.2) is 54.9 Å². The first-order chi connectivity index (χ1) is 9.75. The van der Waals surface area contributed by atoms with Crippen molar-refractivity contribution in [2.75, 3.05) is 13.6 Å². The van der Waals surface area contributed by atoms with Crippen LogP contribution in [0, 0.1) is 0 Å². The smallest absolute Gasteiger partial charge is 0.162 e. The van der Waals surface area contributed by atoms with Crippen LogP contribution in [0.5, 0.6) is 0 Å². The number of carbonyl (C=O) groups excluding carboxylic acids is 1. The van der Waals surface area contributed by atoms with E-state index in [1.54, 1.807) is 0 Å². The fourth-order valence-corrected chi connectivity index (χ4v) is 2.16. The lowest BCUT2D eigenvalue weighted by Crippen LogP contribution is -2.19. The van der Waals surface area contributed by atoms with Gasteiger partial charge in [0.05, 0.1) is 0 Å². The lowest BCUT2D eigenvalue weighted by molar-refractivity contribution is 0.0976. The van der Waals surface area contributed by atoms with Crippen LogP contribution >= 0.6 is 0 Å². The minimum absolute atomic E-state index is 0.225. The van der Waals surface area contributed by atoms with Gasteiger partial charge in [-0.1, -0.05) is 30.3 Å². The number of ketones is 1. The fourth-order valence-electron chi connectivity index (χ4n) is 2.16. The van der Waals surface area contributed by atoms with Crippen molar-refractivity contribution in [3.8, 4) is 0 Å². The minimum atomic E-state index is 0.225. The van der Waals surface area contributed by atoms with Crippen LogP contribution in [0.25, 0.3) is 0 Å². The third-order valence-corrected chi connectivity index (χ3v) is 3.24. The molecule has 0 amide bonds. The van der Waals surface area contributed by atoms with E-state index in [-0.39, 0.29) is 5.78 Å². The molecule has 0 radical (unpaired) electrons. The largest absolute Gasteiger partial charge is 0.302 e. The average molecular weight is 268 g/mol. The van der Waals surface area contributed by atoms with Crippen LogP contribution < -0.4 is 0 Å². The first-order valence-corrected chi connectivity index (χ1v) is 6.91. The van der Waals surface area contributed by atoms with E-state index in [0.717, 1.165) is 25.1 Å². The molecule has 0 atom stereocenters. The maximum atomic E-state index is 12.0. The van der Waals surface area contributed by atoms with Crippen molar-refractivity contribution in [1.29, 1.82) is 0 Å². The number of aromatic nitrogens is 1. The van der Waals surface area contributed by atoms with Crippen LogP contribution in [-0.4, -0.2) is 29.3 Å². The molecule has 104 valence electrons. The number of nitrogens with zero attached hydrogens (tertiary/aromatic N) is 2. The van der Waals surface area contributed by atoms with Crippen molar-refractivity contribution in [2.45, 2.75) is 19.4 Å². The van der Waals surface area contributed by atoms with Gasteiger partial charge in [0.15, 0.2) is 5.78 Å². The maximum Gasteiger partial charge on any atom is 0.162 e. The van der Waals surface area contributed by atoms with Gasteiger partial charge in [-0.25, -0.2) is 0 Å². The third-order valence-electron chi connectivity index (χ3n) is 3.24. The van der Waals surface area contributed by atoms with Gasteiger partial charge >= 0.3 is 0 Å². The van der Waals surface area contributed by atoms with E-state index >= 15 is 0 Å². The zero-order valence-electron chi connectivity index (χ0n) is 11.8. The number of rotatable bonds is 7. The Morgan fingerprint density at radius 2 is 1.80 bits per heavy atom. The molecule has 1 heterocycles. The molecule has 20 heavy (non-hydrogen) atoms. The molecule has 0 bridgehead atoms. The molecule has 2 rings (SSSR count). The summed E-state index contributed by atoms with van der Waals surface area (Å²) >= 11 is 0. The molecule has 0 N–H and O–H groups in total. The Morgan fingerprint density at radius 1 is 1.10 bits per heavy atom. The standard InChI is InChI=1S/C17H20N2O/c1-19(14-15-9-11-18-12-10-15)13-5-8-17(20)16-6-3-2-4-7-16/h2-4,6-7,9-12H,5,8,13-14H2,1H3. The van der Waals surface area contributed by atoms with Crippen molar-refractivity contribution < 1.29 is 4.79 Å². The third kappa shape index (κ3) is 4.59. The van der Waals surface area contributed by atoms with E-state index in [4.69, 9.17) is 0 Å². The Labute approximate surface area is 120 Å². The van der Waals surface area contributed by atoms with Gasteiger partial charge < -0.3 is 4.90 Å². The minimum Gasteiger partial charge on any atom is -0.302 e. The predicted octanol–water partition coefficient (Wildman–Crippen LogP) is 3.18. The molecular formula is C17H20N2O. The van der Waals surface area contributed by atoms with E-state index in [9.17, 15) is 4.79 Å². The number of carbonyl (C=O) groups is 1. The Hall–Kier alpha value is -2.00. The summed E-state index contributed by atoms with van der Waals surface area (Å²) in [5, 5.41) is 0. The van der Waals surface area contributed by atoms with E-state index < -0.39 is 0 Å². The second kappa shape index (κ2) is 7.56. The highest BCUT2D eigenvalue weighted by molar-refractivity contribution is 5.95. The SMILES string of the molecule is CN(CCCC(=O)c1ccccc1)Cc1ccncc1. The summed E-state index contributed by atoms with van der Waals surface area (Å²) < 4.78 is 0. The topological polar surface area (TPSA) is 33.2 Å². The van der Waals surface area contributed by atoms with Crippen molar-refractivity contribution in [1.82, 2.24) is 9.88 Å². The summed E-state index contributed by atoms with van der Waals surface area (Å²) in [6.07, 6.45) is 5.10. The van der Waals surface area contributed by atoms with Crippen LogP contribution in [0.3, 0.4) is 0 Å². The number of Topliss-reactive ketones (excluding diaryl/α,β-unsaturated/α-hetero) is 1. The Kier molecular flexibility index (Phi) is 5.44. The Morgan fingerprint density at radius 3 is 2.50 bits per heavy atom. The van der Waals surface area contributed by atoms with Crippen molar-refractivity contribution >= 4 is 5.78 Å². The molecule has 3 nitrogen and oxygen atoms in total. The highest BCUT2D eigenvalue weighted by atomic mass is 16.1. The molecule has 0 saturated heterocycles. The molecule has 0 fully saturated rings. The van der Waals surface area contributed by atoms with Gasteiger partial charge in [0.2, 0.25) is 0 Å². The molecule has 0 aliphatic carbocycles. The second-order valence-corrected chi connectivity index (χ2v) is 4.99. The molecule has 0 aliphatic rings. The molecule has 0 saturated carbocycles. The van der Waals surface area contributed by atoms with Crippen LogP contribution in [0.4, 0.5) is 0 Å². The van der Waals surface area contributed by atoms with Crippen LogP contribution in [0.2, 0.25) is 0 Å². The lowest BCUT2D eigenvalue weighted by atomic mass is 10.1. The van der Waals surface area contributed by atoms with Gasteiger partial charge in [-0.05, 0) is 37.7 Å². The van der Waals surface area contributed by atoms with Crippen molar-refractivity contribution in [3.05, 3.63) is 66.0 Å². The van der Waals surface area contributed by atoms with Gasteiger partial charge in [0.25, 0.3) is 0 Å². The first-order valence-electron chi connectivity index (χ1n) is 6.91. The predicted molar refractivity (Wildman–Crippen MR) is 80.6 cm³/mol. The van der Waals surface area contributed by atoms with Crippen molar-refractivity contribution in [3.63, 3.8) is 0 Å². The molecule has 0 spiro atoms. The fraction of sp³-hybridized carbons (Fsp3) is 0.294. The summed E-state index contributed by atoms with van der Waals surface area (Å²) in [5.41, 5.74) is 2.06. The summed E-state index contributed by atoms with van der Waals surface area (Å²) in [5.74, 6) is 0.225. The normalized spacial score (nSPS) is 10.7. The molecule has 3 heteroatoms.